The molecule has 1 aromatic carbocycles. The molecule has 0 aromatic heterocycles. The van der Waals surface area contributed by atoms with Crippen LogP contribution in [0.4, 0.5) is 0 Å². The largest absolute Gasteiger partial charge is 0.507 e. The van der Waals surface area contributed by atoms with Crippen molar-refractivity contribution in [2.75, 3.05) is 19.7 Å². The Morgan fingerprint density at radius 3 is 2.46 bits per heavy atom. The van der Waals surface area contributed by atoms with Crippen molar-refractivity contribution < 1.29 is 29.4 Å². The number of carbonyl (C=O) groups is 2. The van der Waals surface area contributed by atoms with Gasteiger partial charge in [-0.2, -0.15) is 0 Å². The highest BCUT2D eigenvalue weighted by Crippen LogP contribution is 2.37. The minimum atomic E-state index is -0.718. The Morgan fingerprint density at radius 2 is 1.84 bits per heavy atom. The van der Waals surface area contributed by atoms with E-state index in [1.165, 1.54) is 0 Å². The third-order valence-corrected chi connectivity index (χ3v) is 6.78. The number of piperidine rings is 1. The van der Waals surface area contributed by atoms with Gasteiger partial charge in [0.2, 0.25) is 0 Å². The molecular formula is C28H41ClN2O6. The molecular weight excluding hydrogens is 496 g/mol. The Kier molecular flexibility index (Phi) is 12.8. The maximum absolute atomic E-state index is 13.1. The fraction of sp³-hybridized carbons (Fsp3) is 0.607. The molecule has 9 heteroatoms. The summed E-state index contributed by atoms with van der Waals surface area (Å²) in [6.07, 6.45) is 8.47. The number of nitrogens with zero attached hydrogens (tertiary/aromatic N) is 2. The van der Waals surface area contributed by atoms with Crippen LogP contribution in [0.5, 0.6) is 11.5 Å². The van der Waals surface area contributed by atoms with E-state index >= 15 is 0 Å². The number of phenols is 2. The molecule has 0 saturated carbocycles. The molecule has 1 aliphatic rings. The van der Waals surface area contributed by atoms with Gasteiger partial charge in [0.15, 0.2) is 6.61 Å². The summed E-state index contributed by atoms with van der Waals surface area (Å²) in [5, 5.41) is 25.0. The first-order valence-corrected chi connectivity index (χ1v) is 13.7. The van der Waals surface area contributed by atoms with Crippen molar-refractivity contribution in [3.63, 3.8) is 0 Å². The lowest BCUT2D eigenvalue weighted by atomic mass is 9.98. The molecule has 0 radical (unpaired) electrons. The number of amides is 1. The first-order chi connectivity index (χ1) is 17.7. The second-order valence-corrected chi connectivity index (χ2v) is 9.90. The van der Waals surface area contributed by atoms with Crippen molar-refractivity contribution in [1.82, 2.24) is 4.90 Å². The summed E-state index contributed by atoms with van der Waals surface area (Å²) in [7, 11) is 0. The van der Waals surface area contributed by atoms with Crippen LogP contribution in [0.25, 0.3) is 0 Å². The maximum atomic E-state index is 13.1. The Morgan fingerprint density at radius 1 is 1.14 bits per heavy atom. The van der Waals surface area contributed by atoms with E-state index in [1.54, 1.807) is 4.90 Å². The Balaban J connectivity index is 2.36. The zero-order valence-electron chi connectivity index (χ0n) is 22.5. The van der Waals surface area contributed by atoms with Gasteiger partial charge in [0.1, 0.15) is 23.2 Å². The summed E-state index contributed by atoms with van der Waals surface area (Å²) >= 11 is 6.43. The molecule has 1 unspecified atom stereocenters. The monoisotopic (exact) mass is 536 g/mol. The summed E-state index contributed by atoms with van der Waals surface area (Å²) in [5.41, 5.74) is 1.49. The quantitative estimate of drug-likeness (QED) is 0.177. The van der Waals surface area contributed by atoms with Crippen LogP contribution in [0.2, 0.25) is 5.02 Å². The van der Waals surface area contributed by atoms with Crippen LogP contribution in [-0.4, -0.2) is 58.5 Å². The number of allylic oxidation sites excluding steroid dienone is 2. The van der Waals surface area contributed by atoms with Gasteiger partial charge in [-0.15, -0.1) is 0 Å². The van der Waals surface area contributed by atoms with E-state index in [1.807, 2.05) is 26.8 Å². The first-order valence-electron chi connectivity index (χ1n) is 13.3. The number of oxime groups is 1. The van der Waals surface area contributed by atoms with E-state index in [0.29, 0.717) is 31.6 Å². The van der Waals surface area contributed by atoms with Crippen molar-refractivity contribution in [2.24, 2.45) is 5.16 Å². The van der Waals surface area contributed by atoms with Gasteiger partial charge >= 0.3 is 5.97 Å². The lowest BCUT2D eigenvalue weighted by molar-refractivity contribution is -0.137. The second-order valence-electron chi connectivity index (χ2n) is 9.52. The summed E-state index contributed by atoms with van der Waals surface area (Å²) in [4.78, 5) is 32.8. The molecule has 0 bridgehead atoms. The minimum Gasteiger partial charge on any atom is -0.507 e. The third kappa shape index (κ3) is 9.26. The van der Waals surface area contributed by atoms with Gasteiger partial charge in [-0.05, 0) is 57.1 Å². The molecule has 37 heavy (non-hydrogen) atoms. The van der Waals surface area contributed by atoms with Crippen molar-refractivity contribution in [3.05, 3.63) is 33.9 Å². The number of phenolic OH excluding ortho intramolecular Hbond substituents is 2. The number of halogens is 1. The normalized spacial score (nSPS) is 15.4. The highest BCUT2D eigenvalue weighted by Gasteiger charge is 2.26. The first kappa shape index (κ1) is 30.5. The van der Waals surface area contributed by atoms with Crippen LogP contribution in [0.3, 0.4) is 0 Å². The van der Waals surface area contributed by atoms with E-state index in [2.05, 4.69) is 12.1 Å². The smallest absolute Gasteiger partial charge is 0.342 e. The molecule has 2 N–H and O–H groups in total. The van der Waals surface area contributed by atoms with Gasteiger partial charge in [-0.25, -0.2) is 4.79 Å². The number of likely N-dealkylation sites (tertiary alicyclic amines) is 1. The SMILES string of the molecule is CCC/C(C)=C/C(Cc1c(Cl)c(O)cc(O)c1C(=O)OC(CC)CCC)=N/OCC(=O)N1CCCCC1. The molecule has 1 aliphatic heterocycles. The van der Waals surface area contributed by atoms with Crippen molar-refractivity contribution >= 4 is 29.2 Å². The highest BCUT2D eigenvalue weighted by atomic mass is 35.5. The number of aromatic hydroxyl groups is 2. The Hall–Kier alpha value is -2.74. The van der Waals surface area contributed by atoms with Crippen LogP contribution in [0, 0.1) is 0 Å². The Labute approximate surface area is 225 Å². The zero-order valence-corrected chi connectivity index (χ0v) is 23.3. The topological polar surface area (TPSA) is 109 Å². The number of ether oxygens (including phenoxy) is 1. The number of rotatable bonds is 13. The standard InChI is InChI=1S/C28H41ClN2O6/c1-5-11-19(4)15-20(30-36-18-25(34)31-13-9-8-10-14-31)16-22-26(23(32)17-24(33)27(22)29)28(35)37-21(7-3)12-6-2/h15,17,21,32-33H,5-14,16,18H2,1-4H3/b19-15+,30-20-. The lowest BCUT2D eigenvalue weighted by Gasteiger charge is -2.26. The third-order valence-electron chi connectivity index (χ3n) is 6.36. The Bertz CT molecular complexity index is 985. The van der Waals surface area contributed by atoms with Crippen LogP contribution in [0.1, 0.15) is 95.0 Å². The molecule has 0 spiro atoms. The summed E-state index contributed by atoms with van der Waals surface area (Å²) < 4.78 is 5.65. The van der Waals surface area contributed by atoms with Gasteiger partial charge in [-0.1, -0.05) is 55.9 Å². The summed E-state index contributed by atoms with van der Waals surface area (Å²) in [6.45, 7) is 9.16. The van der Waals surface area contributed by atoms with Gasteiger partial charge in [-0.3, -0.25) is 4.79 Å². The predicted molar refractivity (Wildman–Crippen MR) is 145 cm³/mol. The minimum absolute atomic E-state index is 0.0191. The fourth-order valence-corrected chi connectivity index (χ4v) is 4.62. The van der Waals surface area contributed by atoms with E-state index in [0.717, 1.165) is 50.2 Å². The van der Waals surface area contributed by atoms with Crippen molar-refractivity contribution in [1.29, 1.82) is 0 Å². The molecule has 1 aromatic rings. The highest BCUT2D eigenvalue weighted by molar-refractivity contribution is 6.33. The van der Waals surface area contributed by atoms with Gasteiger partial charge in [0.05, 0.1) is 10.7 Å². The van der Waals surface area contributed by atoms with Crippen LogP contribution in [0.15, 0.2) is 22.9 Å². The molecule has 1 saturated heterocycles. The molecule has 1 amide bonds. The number of carbonyl (C=O) groups excluding carboxylic acids is 2. The molecule has 1 atom stereocenters. The second kappa shape index (κ2) is 15.5. The summed E-state index contributed by atoms with van der Waals surface area (Å²) in [6, 6.07) is 1.03. The molecule has 0 aliphatic carbocycles. The average Bonchev–Trinajstić information content (AvgIpc) is 2.87. The van der Waals surface area contributed by atoms with E-state index in [-0.39, 0.29) is 46.9 Å². The van der Waals surface area contributed by atoms with Crippen LogP contribution >= 0.6 is 11.6 Å². The number of hydrogen-bond donors (Lipinski definition) is 2. The zero-order chi connectivity index (χ0) is 27.4. The van der Waals surface area contributed by atoms with Crippen molar-refractivity contribution in [3.8, 4) is 11.5 Å². The number of benzene rings is 1. The van der Waals surface area contributed by atoms with E-state index < -0.39 is 11.7 Å². The molecule has 206 valence electrons. The lowest BCUT2D eigenvalue weighted by Crippen LogP contribution is -2.37. The maximum Gasteiger partial charge on any atom is 0.342 e. The van der Waals surface area contributed by atoms with Gasteiger partial charge in [0, 0.05) is 25.6 Å². The van der Waals surface area contributed by atoms with Crippen molar-refractivity contribution in [2.45, 2.75) is 91.6 Å². The molecule has 1 fully saturated rings. The summed E-state index contributed by atoms with van der Waals surface area (Å²) in [5.74, 6) is -1.63. The van der Waals surface area contributed by atoms with Gasteiger partial charge < -0.3 is 24.7 Å². The molecule has 1 heterocycles. The molecule has 8 nitrogen and oxygen atoms in total. The van der Waals surface area contributed by atoms with E-state index in [9.17, 15) is 19.8 Å². The predicted octanol–water partition coefficient (Wildman–Crippen LogP) is 6.16. The van der Waals surface area contributed by atoms with Gasteiger partial charge in [0.25, 0.3) is 5.91 Å². The van der Waals surface area contributed by atoms with Crippen LogP contribution < -0.4 is 0 Å². The van der Waals surface area contributed by atoms with E-state index in [4.69, 9.17) is 21.2 Å². The van der Waals surface area contributed by atoms with Crippen LogP contribution in [-0.2, 0) is 20.8 Å². The average molecular weight is 537 g/mol. The number of hydrogen-bond acceptors (Lipinski definition) is 7. The number of esters is 1. The fourth-order valence-electron chi connectivity index (χ4n) is 4.40. The molecule has 2 rings (SSSR count).